The molecule has 2 N–H and O–H groups in total. The highest BCUT2D eigenvalue weighted by Gasteiger charge is 2.24. The van der Waals surface area contributed by atoms with Gasteiger partial charge in [-0.15, -0.1) is 0 Å². The van der Waals surface area contributed by atoms with Crippen molar-refractivity contribution in [1.82, 2.24) is 0 Å². The van der Waals surface area contributed by atoms with E-state index in [0.717, 1.165) is 0 Å². The van der Waals surface area contributed by atoms with E-state index in [-0.39, 0.29) is 49.8 Å². The molecular weight excluding hydrogens is 572 g/mol. The summed E-state index contributed by atoms with van der Waals surface area (Å²) in [6.45, 7) is 7.88. The molecule has 0 aliphatic carbocycles. The van der Waals surface area contributed by atoms with E-state index in [1.165, 1.54) is 0 Å². The molecule has 41 heavy (non-hydrogen) atoms. The van der Waals surface area contributed by atoms with Crippen molar-refractivity contribution < 1.29 is 45.5 Å². The summed E-state index contributed by atoms with van der Waals surface area (Å²) in [4.78, 5) is 24.1. The summed E-state index contributed by atoms with van der Waals surface area (Å²) in [5.74, 6) is -1.09. The SMILES string of the molecule is CC(C)(CCOC(=O)c1ccccc1)COS(=O)CCCS(=O)(=O)OCC(C)(C)CCOC(=O)c1ccccc1.O. The summed E-state index contributed by atoms with van der Waals surface area (Å²) in [5, 5.41) is 0. The first-order chi connectivity index (χ1) is 18.8. The van der Waals surface area contributed by atoms with E-state index in [9.17, 15) is 22.2 Å². The molecule has 12 heteroatoms. The number of hydrogen-bond acceptors (Lipinski definition) is 9. The van der Waals surface area contributed by atoms with Crippen LogP contribution in [0.15, 0.2) is 60.7 Å². The van der Waals surface area contributed by atoms with Gasteiger partial charge in [0, 0.05) is 0 Å². The average Bonchev–Trinajstić information content (AvgIpc) is 2.91. The topological polar surface area (TPSA) is 154 Å². The molecule has 0 saturated carbocycles. The van der Waals surface area contributed by atoms with Crippen LogP contribution >= 0.6 is 0 Å². The summed E-state index contributed by atoms with van der Waals surface area (Å²) in [7, 11) is -3.83. The zero-order chi connectivity index (χ0) is 29.7. The lowest BCUT2D eigenvalue weighted by Crippen LogP contribution is -2.26. The summed E-state index contributed by atoms with van der Waals surface area (Å²) in [6.07, 6.45) is 1.03. The van der Waals surface area contributed by atoms with Gasteiger partial charge in [-0.3, -0.25) is 8.37 Å². The van der Waals surface area contributed by atoms with Crippen LogP contribution in [0.3, 0.4) is 0 Å². The first-order valence-corrected chi connectivity index (χ1v) is 15.9. The minimum Gasteiger partial charge on any atom is -0.462 e. The zero-order valence-corrected chi connectivity index (χ0v) is 25.8. The molecule has 230 valence electrons. The van der Waals surface area contributed by atoms with Gasteiger partial charge in [0.05, 0.1) is 49.1 Å². The molecule has 0 heterocycles. The Kier molecular flexibility index (Phi) is 15.4. The molecule has 0 fully saturated rings. The van der Waals surface area contributed by atoms with E-state index in [4.69, 9.17) is 17.8 Å². The fourth-order valence-electron chi connectivity index (χ4n) is 3.25. The van der Waals surface area contributed by atoms with E-state index in [0.29, 0.717) is 24.0 Å². The molecule has 1 atom stereocenters. The molecule has 2 aromatic carbocycles. The molecule has 0 aliphatic heterocycles. The van der Waals surface area contributed by atoms with Gasteiger partial charge in [-0.25, -0.2) is 13.8 Å². The number of esters is 2. The summed E-state index contributed by atoms with van der Waals surface area (Å²) >= 11 is -1.67. The van der Waals surface area contributed by atoms with Gasteiger partial charge in [-0.1, -0.05) is 64.1 Å². The number of carbonyl (C=O) groups excluding carboxylic acids is 2. The van der Waals surface area contributed by atoms with Crippen LogP contribution in [0.1, 0.15) is 67.7 Å². The van der Waals surface area contributed by atoms with E-state index in [1.54, 1.807) is 54.6 Å². The van der Waals surface area contributed by atoms with Gasteiger partial charge in [0.1, 0.15) is 0 Å². The van der Waals surface area contributed by atoms with Crippen LogP contribution in [-0.2, 0) is 39.0 Å². The van der Waals surface area contributed by atoms with Gasteiger partial charge in [0.25, 0.3) is 10.1 Å². The first-order valence-electron chi connectivity index (χ1n) is 13.1. The second-order valence-corrected chi connectivity index (χ2v) is 14.0. The number of ether oxygens (including phenoxy) is 2. The predicted molar refractivity (Wildman–Crippen MR) is 157 cm³/mol. The van der Waals surface area contributed by atoms with Crippen LogP contribution in [0.25, 0.3) is 0 Å². The fourth-order valence-corrected chi connectivity index (χ4v) is 5.49. The highest BCUT2D eigenvalue weighted by atomic mass is 32.2. The van der Waals surface area contributed by atoms with Crippen molar-refractivity contribution in [3.63, 3.8) is 0 Å². The first kappa shape index (κ1) is 36.4. The number of benzene rings is 2. The van der Waals surface area contributed by atoms with E-state index >= 15 is 0 Å². The summed E-state index contributed by atoms with van der Waals surface area (Å²) < 4.78 is 58.1. The molecule has 0 amide bonds. The zero-order valence-electron chi connectivity index (χ0n) is 24.1. The third-order valence-electron chi connectivity index (χ3n) is 5.96. The molecule has 2 aromatic rings. The normalized spacial score (nSPS) is 12.7. The van der Waals surface area contributed by atoms with Crippen molar-refractivity contribution >= 4 is 33.1 Å². The highest BCUT2D eigenvalue weighted by molar-refractivity contribution is 7.86. The molecule has 1 unspecified atom stereocenters. The van der Waals surface area contributed by atoms with Crippen LogP contribution < -0.4 is 0 Å². The maximum atomic E-state index is 12.3. The van der Waals surface area contributed by atoms with Gasteiger partial charge in [-0.2, -0.15) is 8.42 Å². The molecule has 0 aromatic heterocycles. The van der Waals surface area contributed by atoms with Crippen LogP contribution in [0.4, 0.5) is 0 Å². The molecule has 0 radical (unpaired) electrons. The maximum Gasteiger partial charge on any atom is 0.338 e. The van der Waals surface area contributed by atoms with Gasteiger partial charge < -0.3 is 14.9 Å². The smallest absolute Gasteiger partial charge is 0.338 e. The quantitative estimate of drug-likeness (QED) is 0.178. The molecule has 0 spiro atoms. The Morgan fingerprint density at radius 1 is 0.756 bits per heavy atom. The standard InChI is InChI=1S/C29H40O9S2.H2O/c1-28(2,16-18-35-26(30)24-12-7-5-8-13-24)22-37-39(32)20-11-21-40(33,34)38-23-29(3,4)17-19-36-27(31)25-14-9-6-10-15-25;/h5-10,12-15H,11,16-23H2,1-4H3;1H2. The van der Waals surface area contributed by atoms with Crippen LogP contribution in [0.2, 0.25) is 0 Å². The highest BCUT2D eigenvalue weighted by Crippen LogP contribution is 2.23. The lowest BCUT2D eigenvalue weighted by molar-refractivity contribution is 0.0421. The van der Waals surface area contributed by atoms with Gasteiger partial charge >= 0.3 is 11.9 Å². The molecule has 10 nitrogen and oxygen atoms in total. The molecular formula is C29H42O10S2. The molecule has 2 rings (SSSR count). The van der Waals surface area contributed by atoms with Crippen LogP contribution in [0.5, 0.6) is 0 Å². The van der Waals surface area contributed by atoms with Crippen molar-refractivity contribution in [3.05, 3.63) is 71.8 Å². The maximum absolute atomic E-state index is 12.3. The van der Waals surface area contributed by atoms with Gasteiger partial charge in [0.2, 0.25) is 0 Å². The van der Waals surface area contributed by atoms with Crippen molar-refractivity contribution in [3.8, 4) is 0 Å². The van der Waals surface area contributed by atoms with Crippen molar-refractivity contribution in [2.75, 3.05) is 37.9 Å². The Morgan fingerprint density at radius 3 is 1.66 bits per heavy atom. The lowest BCUT2D eigenvalue weighted by atomic mass is 9.91. The second-order valence-electron chi connectivity index (χ2n) is 11.0. The van der Waals surface area contributed by atoms with E-state index in [2.05, 4.69) is 0 Å². The predicted octanol–water partition coefficient (Wildman–Crippen LogP) is 4.13. The fraction of sp³-hybridized carbons (Fsp3) is 0.517. The third kappa shape index (κ3) is 15.2. The molecule has 0 bridgehead atoms. The number of carbonyl (C=O) groups is 2. The second kappa shape index (κ2) is 17.3. The molecule has 0 saturated heterocycles. The largest absolute Gasteiger partial charge is 0.462 e. The third-order valence-corrected chi connectivity index (χ3v) is 8.23. The Morgan fingerprint density at radius 2 is 1.20 bits per heavy atom. The number of rotatable bonds is 18. The van der Waals surface area contributed by atoms with Gasteiger partial charge in [-0.05, 0) is 54.4 Å². The van der Waals surface area contributed by atoms with Crippen LogP contribution in [-0.4, -0.2) is 68.0 Å². The van der Waals surface area contributed by atoms with Crippen LogP contribution in [0, 0.1) is 10.8 Å². The van der Waals surface area contributed by atoms with Crippen molar-refractivity contribution in [1.29, 1.82) is 0 Å². The Bertz CT molecular complexity index is 1200. The summed E-state index contributed by atoms with van der Waals surface area (Å²) in [5.41, 5.74) is -0.0160. The minimum absolute atomic E-state index is 0. The average molecular weight is 615 g/mol. The number of hydrogen-bond donors (Lipinski definition) is 0. The van der Waals surface area contributed by atoms with Gasteiger partial charge in [0.15, 0.2) is 11.1 Å². The lowest BCUT2D eigenvalue weighted by Gasteiger charge is -2.24. The van der Waals surface area contributed by atoms with Crippen molar-refractivity contribution in [2.45, 2.75) is 47.0 Å². The van der Waals surface area contributed by atoms with E-state index in [1.807, 2.05) is 33.8 Å². The Balaban J connectivity index is 0.00000840. The minimum atomic E-state index is -3.83. The van der Waals surface area contributed by atoms with Crippen molar-refractivity contribution in [2.24, 2.45) is 10.8 Å². The summed E-state index contributed by atoms with van der Waals surface area (Å²) in [6, 6.07) is 17.3. The molecule has 0 aliphatic rings. The Labute approximate surface area is 245 Å². The monoisotopic (exact) mass is 614 g/mol. The Hall–Kier alpha value is -2.64. The van der Waals surface area contributed by atoms with E-state index < -0.39 is 44.0 Å².